The molecule has 0 bridgehead atoms. The molecule has 0 unspecified atom stereocenters. The van der Waals surface area contributed by atoms with Gasteiger partial charge in [-0.1, -0.05) is 29.8 Å². The Balaban J connectivity index is 2.17. The first-order valence-corrected chi connectivity index (χ1v) is 5.64. The van der Waals surface area contributed by atoms with Gasteiger partial charge in [0.15, 0.2) is 0 Å². The number of carbonyl (C=O) groups excluding carboxylic acids is 1. The van der Waals surface area contributed by atoms with Gasteiger partial charge in [0, 0.05) is 18.3 Å². The van der Waals surface area contributed by atoms with Gasteiger partial charge >= 0.3 is 0 Å². The number of hydrogen-bond acceptors (Lipinski definition) is 1. The monoisotopic (exact) mass is 245 g/mol. The smallest absolute Gasteiger partial charge is 0.202 e. The molecule has 0 amide bonds. The Bertz CT molecular complexity index is 569. The summed E-state index contributed by atoms with van der Waals surface area (Å²) in [6, 6.07) is 11.0. The number of aromatic nitrogens is 1. The Morgan fingerprint density at radius 3 is 2.76 bits per heavy atom. The van der Waals surface area contributed by atoms with E-state index in [-0.39, 0.29) is 5.78 Å². The van der Waals surface area contributed by atoms with Crippen LogP contribution in [0.3, 0.4) is 0 Å². The molecule has 17 heavy (non-hydrogen) atoms. The SMILES string of the molecule is Cn1cccc1C(=O)/C=C/c1cccc(Cl)c1. The van der Waals surface area contributed by atoms with Gasteiger partial charge in [0.05, 0.1) is 5.69 Å². The van der Waals surface area contributed by atoms with Crippen LogP contribution in [0.15, 0.2) is 48.7 Å². The maximum atomic E-state index is 11.8. The minimum absolute atomic E-state index is 0.0162. The maximum absolute atomic E-state index is 11.8. The lowest BCUT2D eigenvalue weighted by Gasteiger charge is -1.98. The molecule has 2 rings (SSSR count). The predicted octanol–water partition coefficient (Wildman–Crippen LogP) is 3.57. The highest BCUT2D eigenvalue weighted by Crippen LogP contribution is 2.12. The van der Waals surface area contributed by atoms with Crippen LogP contribution < -0.4 is 0 Å². The molecule has 1 heterocycles. The number of rotatable bonds is 3. The van der Waals surface area contributed by atoms with E-state index in [1.807, 2.05) is 37.5 Å². The number of aryl methyl sites for hydroxylation is 1. The van der Waals surface area contributed by atoms with E-state index >= 15 is 0 Å². The second-order valence-corrected chi connectivity index (χ2v) is 4.19. The Hall–Kier alpha value is -1.80. The number of benzene rings is 1. The number of allylic oxidation sites excluding steroid dienone is 1. The van der Waals surface area contributed by atoms with Crippen LogP contribution in [0.5, 0.6) is 0 Å². The fourth-order valence-electron chi connectivity index (χ4n) is 1.58. The molecular formula is C14H12ClNO. The van der Waals surface area contributed by atoms with Crippen molar-refractivity contribution in [3.05, 3.63) is 65.0 Å². The van der Waals surface area contributed by atoms with Crippen LogP contribution in [0.1, 0.15) is 16.1 Å². The van der Waals surface area contributed by atoms with Crippen LogP contribution in [0, 0.1) is 0 Å². The third-order valence-electron chi connectivity index (χ3n) is 2.47. The molecule has 0 aliphatic carbocycles. The topological polar surface area (TPSA) is 22.0 Å². The van der Waals surface area contributed by atoms with E-state index in [4.69, 9.17) is 11.6 Å². The van der Waals surface area contributed by atoms with Crippen molar-refractivity contribution in [2.45, 2.75) is 0 Å². The van der Waals surface area contributed by atoms with Crippen molar-refractivity contribution < 1.29 is 4.79 Å². The molecule has 0 atom stereocenters. The van der Waals surface area contributed by atoms with Gasteiger partial charge in [-0.25, -0.2) is 0 Å². The fraction of sp³-hybridized carbons (Fsp3) is 0.0714. The lowest BCUT2D eigenvalue weighted by Crippen LogP contribution is -2.01. The zero-order valence-electron chi connectivity index (χ0n) is 9.43. The van der Waals surface area contributed by atoms with Crippen molar-refractivity contribution in [2.75, 3.05) is 0 Å². The van der Waals surface area contributed by atoms with E-state index in [0.29, 0.717) is 10.7 Å². The van der Waals surface area contributed by atoms with Crippen LogP contribution in [-0.2, 0) is 7.05 Å². The number of nitrogens with zero attached hydrogens (tertiary/aromatic N) is 1. The normalized spacial score (nSPS) is 10.9. The second kappa shape index (κ2) is 5.02. The average molecular weight is 246 g/mol. The zero-order valence-corrected chi connectivity index (χ0v) is 10.2. The van der Waals surface area contributed by atoms with E-state index in [1.165, 1.54) is 0 Å². The molecule has 1 aromatic heterocycles. The Morgan fingerprint density at radius 2 is 2.12 bits per heavy atom. The molecule has 0 spiro atoms. The first-order chi connectivity index (χ1) is 8.16. The second-order valence-electron chi connectivity index (χ2n) is 3.76. The van der Waals surface area contributed by atoms with Gasteiger partial charge in [0.1, 0.15) is 0 Å². The predicted molar refractivity (Wildman–Crippen MR) is 70.2 cm³/mol. The Morgan fingerprint density at radius 1 is 1.29 bits per heavy atom. The Labute approximate surface area is 105 Å². The summed E-state index contributed by atoms with van der Waals surface area (Å²) in [5.41, 5.74) is 1.59. The number of ketones is 1. The third kappa shape index (κ3) is 2.86. The molecule has 3 heteroatoms. The first kappa shape index (κ1) is 11.7. The molecule has 1 aromatic carbocycles. The number of hydrogen-bond donors (Lipinski definition) is 0. The van der Waals surface area contributed by atoms with Crippen molar-refractivity contribution in [3.63, 3.8) is 0 Å². The zero-order chi connectivity index (χ0) is 12.3. The molecule has 2 nitrogen and oxygen atoms in total. The van der Waals surface area contributed by atoms with E-state index in [1.54, 1.807) is 28.9 Å². The lowest BCUT2D eigenvalue weighted by atomic mass is 10.2. The van der Waals surface area contributed by atoms with E-state index < -0.39 is 0 Å². The molecule has 0 saturated carbocycles. The summed E-state index contributed by atoms with van der Waals surface area (Å²) in [6.07, 6.45) is 5.17. The van der Waals surface area contributed by atoms with Crippen molar-refractivity contribution in [1.82, 2.24) is 4.57 Å². The van der Waals surface area contributed by atoms with Gasteiger partial charge in [0.2, 0.25) is 5.78 Å². The van der Waals surface area contributed by atoms with Crippen molar-refractivity contribution >= 4 is 23.5 Å². The number of halogens is 1. The van der Waals surface area contributed by atoms with Gasteiger partial charge in [-0.05, 0) is 35.9 Å². The van der Waals surface area contributed by atoms with Crippen molar-refractivity contribution in [3.8, 4) is 0 Å². The van der Waals surface area contributed by atoms with Crippen LogP contribution in [0.2, 0.25) is 5.02 Å². The van der Waals surface area contributed by atoms with Gasteiger partial charge in [-0.2, -0.15) is 0 Å². The van der Waals surface area contributed by atoms with Crippen molar-refractivity contribution in [2.24, 2.45) is 7.05 Å². The average Bonchev–Trinajstić information content (AvgIpc) is 2.72. The molecular weight excluding hydrogens is 234 g/mol. The summed E-state index contributed by atoms with van der Waals surface area (Å²) in [7, 11) is 1.85. The minimum Gasteiger partial charge on any atom is -0.348 e. The first-order valence-electron chi connectivity index (χ1n) is 5.26. The third-order valence-corrected chi connectivity index (χ3v) is 2.71. The summed E-state index contributed by atoms with van der Waals surface area (Å²) in [6.45, 7) is 0. The molecule has 0 aliphatic rings. The molecule has 0 fully saturated rings. The van der Waals surface area contributed by atoms with Crippen LogP contribution in [-0.4, -0.2) is 10.4 Å². The van der Waals surface area contributed by atoms with Crippen LogP contribution in [0.4, 0.5) is 0 Å². The highest BCUT2D eigenvalue weighted by Gasteiger charge is 2.04. The minimum atomic E-state index is -0.0162. The summed E-state index contributed by atoms with van der Waals surface area (Å²) in [5.74, 6) is -0.0162. The highest BCUT2D eigenvalue weighted by molar-refractivity contribution is 6.30. The van der Waals surface area contributed by atoms with Crippen LogP contribution >= 0.6 is 11.6 Å². The van der Waals surface area contributed by atoms with Gasteiger partial charge in [-0.15, -0.1) is 0 Å². The highest BCUT2D eigenvalue weighted by atomic mass is 35.5. The Kier molecular flexibility index (Phi) is 3.45. The molecule has 0 N–H and O–H groups in total. The summed E-state index contributed by atoms with van der Waals surface area (Å²) in [4.78, 5) is 11.8. The van der Waals surface area contributed by atoms with Gasteiger partial charge in [-0.3, -0.25) is 4.79 Å². The van der Waals surface area contributed by atoms with Crippen LogP contribution in [0.25, 0.3) is 6.08 Å². The fourth-order valence-corrected chi connectivity index (χ4v) is 1.78. The summed E-state index contributed by atoms with van der Waals surface area (Å²) < 4.78 is 1.80. The van der Waals surface area contributed by atoms with Crippen molar-refractivity contribution in [1.29, 1.82) is 0 Å². The molecule has 2 aromatic rings. The largest absolute Gasteiger partial charge is 0.348 e. The van der Waals surface area contributed by atoms with Gasteiger partial charge in [0.25, 0.3) is 0 Å². The molecule has 0 radical (unpaired) electrons. The number of carbonyl (C=O) groups is 1. The van der Waals surface area contributed by atoms with E-state index in [0.717, 1.165) is 5.56 Å². The maximum Gasteiger partial charge on any atom is 0.202 e. The lowest BCUT2D eigenvalue weighted by molar-refractivity contribution is 0.104. The standard InChI is InChI=1S/C14H12ClNO/c1-16-9-3-6-13(16)14(17)8-7-11-4-2-5-12(15)10-11/h2-10H,1H3/b8-7+. The summed E-state index contributed by atoms with van der Waals surface area (Å²) >= 11 is 5.86. The molecule has 86 valence electrons. The molecule has 0 saturated heterocycles. The van der Waals surface area contributed by atoms with Gasteiger partial charge < -0.3 is 4.57 Å². The van der Waals surface area contributed by atoms with E-state index in [9.17, 15) is 4.79 Å². The molecule has 0 aliphatic heterocycles. The quantitative estimate of drug-likeness (QED) is 0.599. The van der Waals surface area contributed by atoms with E-state index in [2.05, 4.69) is 0 Å². The summed E-state index contributed by atoms with van der Waals surface area (Å²) in [5, 5.41) is 0.665.